The van der Waals surface area contributed by atoms with Crippen molar-refractivity contribution in [2.75, 3.05) is 5.32 Å². The summed E-state index contributed by atoms with van der Waals surface area (Å²) in [6, 6.07) is 14.1. The molecular weight excluding hydrogens is 312 g/mol. The Morgan fingerprint density at radius 3 is 2.68 bits per heavy atom. The Hall–Kier alpha value is -2.95. The first-order valence-electron chi connectivity index (χ1n) is 8.32. The van der Waals surface area contributed by atoms with E-state index in [1.54, 1.807) is 0 Å². The second-order valence-corrected chi connectivity index (χ2v) is 6.39. The van der Waals surface area contributed by atoms with Crippen LogP contribution in [0.5, 0.6) is 0 Å². The minimum absolute atomic E-state index is 0.121. The van der Waals surface area contributed by atoms with Crippen LogP contribution < -0.4 is 5.32 Å². The number of aryl methyl sites for hydroxylation is 3. The summed E-state index contributed by atoms with van der Waals surface area (Å²) in [4.78, 5) is 16.6. The second-order valence-electron chi connectivity index (χ2n) is 6.39. The van der Waals surface area contributed by atoms with Gasteiger partial charge >= 0.3 is 0 Å². The summed E-state index contributed by atoms with van der Waals surface area (Å²) in [7, 11) is 0. The number of hydrogen-bond donors (Lipinski definition) is 2. The molecule has 128 valence electrons. The summed E-state index contributed by atoms with van der Waals surface area (Å²) in [5.74, 6) is 1.15. The Balaban J connectivity index is 1.60. The Labute approximate surface area is 147 Å². The van der Waals surface area contributed by atoms with Gasteiger partial charge in [0.25, 0.3) is 0 Å². The van der Waals surface area contributed by atoms with Gasteiger partial charge in [0.15, 0.2) is 5.82 Å². The van der Waals surface area contributed by atoms with E-state index in [1.165, 1.54) is 16.7 Å². The van der Waals surface area contributed by atoms with Crippen LogP contribution in [0.25, 0.3) is 0 Å². The van der Waals surface area contributed by atoms with Gasteiger partial charge in [-0.2, -0.15) is 5.10 Å². The highest BCUT2D eigenvalue weighted by molar-refractivity contribution is 5.91. The van der Waals surface area contributed by atoms with Gasteiger partial charge in [-0.1, -0.05) is 35.9 Å². The highest BCUT2D eigenvalue weighted by Crippen LogP contribution is 2.14. The van der Waals surface area contributed by atoms with Crippen molar-refractivity contribution in [2.24, 2.45) is 0 Å². The maximum atomic E-state index is 12.2. The quantitative estimate of drug-likeness (QED) is 0.750. The fraction of sp³-hybridized carbons (Fsp3) is 0.250. The number of hydrogen-bond acceptors (Lipinski definition) is 3. The molecular formula is C20H22N4O. The predicted molar refractivity (Wildman–Crippen MR) is 98.6 cm³/mol. The molecule has 3 rings (SSSR count). The molecule has 0 aliphatic heterocycles. The average Bonchev–Trinajstić information content (AvgIpc) is 2.98. The van der Waals surface area contributed by atoms with E-state index in [9.17, 15) is 4.79 Å². The summed E-state index contributed by atoms with van der Waals surface area (Å²) in [6.45, 7) is 6.13. The van der Waals surface area contributed by atoms with Crippen molar-refractivity contribution in [3.05, 3.63) is 76.4 Å². The molecule has 0 bridgehead atoms. The number of anilines is 1. The number of benzene rings is 2. The normalized spacial score (nSPS) is 10.7. The van der Waals surface area contributed by atoms with Gasteiger partial charge in [0, 0.05) is 12.1 Å². The van der Waals surface area contributed by atoms with Gasteiger partial charge in [-0.25, -0.2) is 4.98 Å². The number of nitrogens with zero attached hydrogens (tertiary/aromatic N) is 2. The number of aromatic amines is 1. The third kappa shape index (κ3) is 4.53. The Kier molecular flexibility index (Phi) is 4.93. The lowest BCUT2D eigenvalue weighted by atomic mass is 10.1. The highest BCUT2D eigenvalue weighted by Gasteiger charge is 2.10. The second kappa shape index (κ2) is 7.30. The molecule has 5 heteroatoms. The highest BCUT2D eigenvalue weighted by atomic mass is 16.1. The van der Waals surface area contributed by atoms with Gasteiger partial charge < -0.3 is 5.32 Å². The van der Waals surface area contributed by atoms with Crippen molar-refractivity contribution < 1.29 is 4.79 Å². The molecule has 25 heavy (non-hydrogen) atoms. The number of carbonyl (C=O) groups is 1. The topological polar surface area (TPSA) is 70.7 Å². The van der Waals surface area contributed by atoms with Crippen LogP contribution in [0.4, 0.5) is 5.69 Å². The Morgan fingerprint density at radius 2 is 1.92 bits per heavy atom. The molecule has 0 atom stereocenters. The smallest absolute Gasteiger partial charge is 0.232 e. The first kappa shape index (κ1) is 16.9. The number of carbonyl (C=O) groups excluding carboxylic acids is 1. The van der Waals surface area contributed by atoms with Crippen LogP contribution in [0.1, 0.15) is 33.9 Å². The van der Waals surface area contributed by atoms with Gasteiger partial charge in [-0.05, 0) is 49.6 Å². The SMILES string of the molecule is Cc1cccc(Cc2nc(CC(=O)Nc3ccc(C)c(C)c3)n[nH]2)c1. The van der Waals surface area contributed by atoms with Crippen LogP contribution >= 0.6 is 0 Å². The van der Waals surface area contributed by atoms with Crippen molar-refractivity contribution in [3.63, 3.8) is 0 Å². The molecule has 0 unspecified atom stereocenters. The molecule has 3 aromatic rings. The maximum Gasteiger partial charge on any atom is 0.232 e. The van der Waals surface area contributed by atoms with E-state index < -0.39 is 0 Å². The maximum absolute atomic E-state index is 12.2. The van der Waals surface area contributed by atoms with E-state index in [-0.39, 0.29) is 12.3 Å². The number of aromatic nitrogens is 3. The zero-order valence-electron chi connectivity index (χ0n) is 14.8. The van der Waals surface area contributed by atoms with E-state index in [0.717, 1.165) is 17.1 Å². The van der Waals surface area contributed by atoms with Gasteiger partial charge in [0.2, 0.25) is 5.91 Å². The molecule has 0 fully saturated rings. The molecule has 0 saturated heterocycles. The van der Waals surface area contributed by atoms with Gasteiger partial charge in [-0.15, -0.1) is 0 Å². The summed E-state index contributed by atoms with van der Waals surface area (Å²) in [5, 5.41) is 9.96. The lowest BCUT2D eigenvalue weighted by molar-refractivity contribution is -0.115. The molecule has 0 radical (unpaired) electrons. The molecule has 2 N–H and O–H groups in total. The fourth-order valence-electron chi connectivity index (χ4n) is 2.68. The van der Waals surface area contributed by atoms with Crippen LogP contribution in [0, 0.1) is 20.8 Å². The molecule has 1 heterocycles. The van der Waals surface area contributed by atoms with Crippen molar-refractivity contribution in [3.8, 4) is 0 Å². The van der Waals surface area contributed by atoms with E-state index in [0.29, 0.717) is 12.2 Å². The molecule has 0 spiro atoms. The van der Waals surface area contributed by atoms with Crippen LogP contribution in [0.15, 0.2) is 42.5 Å². The monoisotopic (exact) mass is 334 g/mol. The summed E-state index contributed by atoms with van der Waals surface area (Å²) in [5.41, 5.74) is 5.53. The summed E-state index contributed by atoms with van der Waals surface area (Å²) in [6.07, 6.45) is 0.824. The third-order valence-electron chi connectivity index (χ3n) is 4.14. The predicted octanol–water partition coefficient (Wildman–Crippen LogP) is 3.50. The minimum Gasteiger partial charge on any atom is -0.326 e. The molecule has 5 nitrogen and oxygen atoms in total. The van der Waals surface area contributed by atoms with Crippen LogP contribution in [0.3, 0.4) is 0 Å². The fourth-order valence-corrected chi connectivity index (χ4v) is 2.68. The largest absolute Gasteiger partial charge is 0.326 e. The van der Waals surface area contributed by atoms with E-state index in [1.807, 2.05) is 38.1 Å². The van der Waals surface area contributed by atoms with E-state index in [2.05, 4.69) is 45.6 Å². The van der Waals surface area contributed by atoms with Gasteiger partial charge in [-0.3, -0.25) is 9.89 Å². The van der Waals surface area contributed by atoms with E-state index >= 15 is 0 Å². The first-order chi connectivity index (χ1) is 12.0. The zero-order valence-corrected chi connectivity index (χ0v) is 14.8. The molecule has 0 aliphatic carbocycles. The number of H-pyrrole nitrogens is 1. The van der Waals surface area contributed by atoms with Crippen molar-refractivity contribution in [2.45, 2.75) is 33.6 Å². The van der Waals surface area contributed by atoms with E-state index in [4.69, 9.17) is 0 Å². The Bertz CT molecular complexity index is 898. The minimum atomic E-state index is -0.121. The number of amides is 1. The Morgan fingerprint density at radius 1 is 1.08 bits per heavy atom. The standard InChI is InChI=1S/C20H22N4O/c1-13-5-4-6-16(9-13)11-18-22-19(24-23-18)12-20(25)21-17-8-7-14(2)15(3)10-17/h4-10H,11-12H2,1-3H3,(H,21,25)(H,22,23,24). The summed E-state index contributed by atoms with van der Waals surface area (Å²) < 4.78 is 0. The van der Waals surface area contributed by atoms with Crippen LogP contribution in [0.2, 0.25) is 0 Å². The third-order valence-corrected chi connectivity index (χ3v) is 4.14. The van der Waals surface area contributed by atoms with Crippen molar-refractivity contribution >= 4 is 11.6 Å². The van der Waals surface area contributed by atoms with Gasteiger partial charge in [0.1, 0.15) is 5.82 Å². The molecule has 2 aromatic carbocycles. The average molecular weight is 334 g/mol. The molecule has 0 aliphatic rings. The lowest BCUT2D eigenvalue weighted by Crippen LogP contribution is -2.15. The van der Waals surface area contributed by atoms with Crippen LogP contribution in [-0.4, -0.2) is 21.1 Å². The molecule has 1 amide bonds. The molecule has 1 aromatic heterocycles. The number of nitrogens with one attached hydrogen (secondary N) is 2. The van der Waals surface area contributed by atoms with Crippen molar-refractivity contribution in [1.29, 1.82) is 0 Å². The van der Waals surface area contributed by atoms with Crippen molar-refractivity contribution in [1.82, 2.24) is 15.2 Å². The number of rotatable bonds is 5. The van der Waals surface area contributed by atoms with Gasteiger partial charge in [0.05, 0.1) is 6.42 Å². The lowest BCUT2D eigenvalue weighted by Gasteiger charge is -2.06. The summed E-state index contributed by atoms with van der Waals surface area (Å²) >= 11 is 0. The first-order valence-corrected chi connectivity index (χ1v) is 8.32. The zero-order chi connectivity index (χ0) is 17.8. The molecule has 0 saturated carbocycles. The van der Waals surface area contributed by atoms with Crippen LogP contribution in [-0.2, 0) is 17.6 Å².